The zero-order valence-corrected chi connectivity index (χ0v) is 18.0. The maximum atomic E-state index is 13.4. The van der Waals surface area contributed by atoms with Crippen LogP contribution in [0.3, 0.4) is 0 Å². The molecule has 0 aliphatic carbocycles. The number of halogens is 3. The van der Waals surface area contributed by atoms with Gasteiger partial charge in [0.1, 0.15) is 6.04 Å². The lowest BCUT2D eigenvalue weighted by molar-refractivity contribution is -0.124. The first kappa shape index (κ1) is 21.4. The quantitative estimate of drug-likeness (QED) is 0.712. The molecule has 1 saturated heterocycles. The Kier molecular flexibility index (Phi) is 6.89. The predicted octanol–water partition coefficient (Wildman–Crippen LogP) is 4.51. The summed E-state index contributed by atoms with van der Waals surface area (Å²) in [4.78, 5) is 12.7. The summed E-state index contributed by atoms with van der Waals surface area (Å²) in [6.45, 7) is 0.510. The van der Waals surface area contributed by atoms with Gasteiger partial charge in [0.25, 0.3) is 0 Å². The monoisotopic (exact) mass is 460 g/mol. The molecule has 1 amide bonds. The van der Waals surface area contributed by atoms with Crippen LogP contribution in [0.15, 0.2) is 47.4 Å². The number of rotatable bonds is 5. The van der Waals surface area contributed by atoms with Crippen LogP contribution in [0.1, 0.15) is 24.8 Å². The van der Waals surface area contributed by atoms with Crippen molar-refractivity contribution in [1.29, 1.82) is 0 Å². The van der Waals surface area contributed by atoms with Crippen LogP contribution < -0.4 is 5.32 Å². The molecular weight excluding hydrogens is 443 g/mol. The van der Waals surface area contributed by atoms with Gasteiger partial charge in [0.2, 0.25) is 15.9 Å². The minimum absolute atomic E-state index is 0.0245. The molecule has 1 aliphatic heterocycles. The highest BCUT2D eigenvalue weighted by Crippen LogP contribution is 2.28. The lowest BCUT2D eigenvalue weighted by Gasteiger charge is -2.29. The Morgan fingerprint density at radius 1 is 0.964 bits per heavy atom. The van der Waals surface area contributed by atoms with E-state index in [1.54, 1.807) is 18.2 Å². The van der Waals surface area contributed by atoms with Crippen molar-refractivity contribution in [1.82, 2.24) is 9.62 Å². The van der Waals surface area contributed by atoms with Gasteiger partial charge in [-0.25, -0.2) is 8.42 Å². The van der Waals surface area contributed by atoms with Gasteiger partial charge in [-0.1, -0.05) is 34.8 Å². The highest BCUT2D eigenvalue weighted by Gasteiger charge is 2.36. The molecule has 0 aromatic heterocycles. The highest BCUT2D eigenvalue weighted by atomic mass is 35.5. The van der Waals surface area contributed by atoms with Crippen molar-refractivity contribution >= 4 is 50.7 Å². The number of nitrogens with one attached hydrogen (secondary N) is 1. The Bertz CT molecular complexity index is 945. The van der Waals surface area contributed by atoms with Crippen LogP contribution in [-0.2, 0) is 21.4 Å². The number of hydrogen-bond donors (Lipinski definition) is 1. The maximum absolute atomic E-state index is 13.4. The number of carbonyl (C=O) groups excluding carboxylic acids is 1. The molecule has 2 aromatic carbocycles. The maximum Gasteiger partial charge on any atom is 0.244 e. The number of hydrogen-bond acceptors (Lipinski definition) is 3. The minimum Gasteiger partial charge on any atom is -0.355 e. The fourth-order valence-electron chi connectivity index (χ4n) is 3.18. The molecule has 1 atom stereocenters. The molecule has 0 radical (unpaired) electrons. The van der Waals surface area contributed by atoms with E-state index in [2.05, 4.69) is 5.32 Å². The number of sulfonamides is 1. The van der Waals surface area contributed by atoms with Crippen LogP contribution in [0.4, 0.5) is 0 Å². The summed E-state index contributed by atoms with van der Waals surface area (Å²) in [5.74, 6) is -0.303. The molecule has 0 unspecified atom stereocenters. The number of nitrogens with zero attached hydrogens (tertiary/aromatic N) is 1. The largest absolute Gasteiger partial charge is 0.355 e. The van der Waals surface area contributed by atoms with Gasteiger partial charge in [0.15, 0.2) is 0 Å². The fourth-order valence-corrected chi connectivity index (χ4v) is 5.49. The third kappa shape index (κ3) is 4.99. The van der Waals surface area contributed by atoms with E-state index in [9.17, 15) is 13.2 Å². The first-order valence-corrected chi connectivity index (χ1v) is 11.3. The second-order valence-electron chi connectivity index (χ2n) is 6.58. The van der Waals surface area contributed by atoms with Gasteiger partial charge < -0.3 is 5.32 Å². The average molecular weight is 462 g/mol. The summed E-state index contributed by atoms with van der Waals surface area (Å²) >= 11 is 18.1. The van der Waals surface area contributed by atoms with Gasteiger partial charge in [0.05, 0.1) is 4.90 Å². The van der Waals surface area contributed by atoms with Crippen molar-refractivity contribution < 1.29 is 13.2 Å². The second kappa shape index (κ2) is 9.01. The summed E-state index contributed by atoms with van der Waals surface area (Å²) in [6, 6.07) is 9.93. The number of benzene rings is 2. The normalized spacial score (nSPS) is 18.0. The van der Waals surface area contributed by atoms with E-state index in [1.165, 1.54) is 28.6 Å². The van der Waals surface area contributed by atoms with Crippen LogP contribution in [0.25, 0.3) is 0 Å². The van der Waals surface area contributed by atoms with E-state index in [-0.39, 0.29) is 17.3 Å². The first-order valence-electron chi connectivity index (χ1n) is 8.77. The minimum atomic E-state index is -3.96. The lowest BCUT2D eigenvalue weighted by Crippen LogP contribution is -2.48. The third-order valence-corrected chi connectivity index (χ3v) is 7.09. The molecule has 9 heteroatoms. The van der Waals surface area contributed by atoms with E-state index < -0.39 is 16.1 Å². The molecule has 5 nitrogen and oxygen atoms in total. The molecule has 0 saturated carbocycles. The van der Waals surface area contributed by atoms with E-state index in [0.29, 0.717) is 33.6 Å². The van der Waals surface area contributed by atoms with Crippen molar-refractivity contribution in [3.63, 3.8) is 0 Å². The molecule has 1 fully saturated rings. The van der Waals surface area contributed by atoms with E-state index in [4.69, 9.17) is 34.8 Å². The first-order chi connectivity index (χ1) is 13.3. The average Bonchev–Trinajstić information content (AvgIpc) is 2.83. The Morgan fingerprint density at radius 3 is 2.25 bits per heavy atom. The van der Waals surface area contributed by atoms with Gasteiger partial charge in [0, 0.05) is 28.2 Å². The van der Waals surface area contributed by atoms with Crippen LogP contribution in [0.5, 0.6) is 0 Å². The Balaban J connectivity index is 2.04. The van der Waals surface area contributed by atoms with Crippen LogP contribution in [0.2, 0.25) is 15.1 Å². The van der Waals surface area contributed by atoms with Gasteiger partial charge in [-0.2, -0.15) is 4.31 Å². The molecular formula is C19H19Cl3N2O3S. The second-order valence-corrected chi connectivity index (χ2v) is 9.78. The Morgan fingerprint density at radius 2 is 1.61 bits per heavy atom. The van der Waals surface area contributed by atoms with Gasteiger partial charge in [-0.05, 0) is 67.3 Å². The predicted molar refractivity (Wildman–Crippen MR) is 111 cm³/mol. The summed E-state index contributed by atoms with van der Waals surface area (Å²) in [7, 11) is -3.96. The Labute approximate surface area is 179 Å². The molecule has 0 spiro atoms. The fraction of sp³-hybridized carbons (Fsp3) is 0.316. The molecule has 1 heterocycles. The molecule has 1 N–H and O–H groups in total. The van der Waals surface area contributed by atoms with Crippen molar-refractivity contribution in [2.24, 2.45) is 0 Å². The topological polar surface area (TPSA) is 66.5 Å². The molecule has 2 aromatic rings. The van der Waals surface area contributed by atoms with Crippen LogP contribution in [-0.4, -0.2) is 31.2 Å². The summed E-state index contributed by atoms with van der Waals surface area (Å²) in [5, 5.41) is 4.03. The standard InChI is InChI=1S/C19H19Cl3N2O3S/c20-14-4-6-17(7-5-14)28(26,27)24(18-3-1-2-8-23-19(18)25)12-13-9-15(21)11-16(22)10-13/h4-7,9-11,18H,1-3,8,12H2,(H,23,25)/t18-/m1/s1. The van der Waals surface area contributed by atoms with E-state index in [1.807, 2.05) is 0 Å². The SMILES string of the molecule is O=C1NCCCC[C@H]1N(Cc1cc(Cl)cc(Cl)c1)S(=O)(=O)c1ccc(Cl)cc1. The zero-order valence-electron chi connectivity index (χ0n) is 14.9. The molecule has 150 valence electrons. The van der Waals surface area contributed by atoms with Gasteiger partial charge >= 0.3 is 0 Å². The zero-order chi connectivity index (χ0) is 20.3. The molecule has 28 heavy (non-hydrogen) atoms. The van der Waals surface area contributed by atoms with Gasteiger partial charge in [-0.3, -0.25) is 4.79 Å². The van der Waals surface area contributed by atoms with Crippen molar-refractivity contribution in [2.75, 3.05) is 6.54 Å². The van der Waals surface area contributed by atoms with Crippen LogP contribution in [0, 0.1) is 0 Å². The van der Waals surface area contributed by atoms with Crippen LogP contribution >= 0.6 is 34.8 Å². The summed E-state index contributed by atoms with van der Waals surface area (Å²) in [5.41, 5.74) is 0.604. The molecule has 1 aliphatic rings. The summed E-state index contributed by atoms with van der Waals surface area (Å²) in [6.07, 6.45) is 1.99. The van der Waals surface area contributed by atoms with Gasteiger partial charge in [-0.15, -0.1) is 0 Å². The van der Waals surface area contributed by atoms with Crippen molar-refractivity contribution in [3.8, 4) is 0 Å². The number of amides is 1. The number of carbonyl (C=O) groups is 1. The van der Waals surface area contributed by atoms with Crippen molar-refractivity contribution in [3.05, 3.63) is 63.1 Å². The highest BCUT2D eigenvalue weighted by molar-refractivity contribution is 7.89. The summed E-state index contributed by atoms with van der Waals surface area (Å²) < 4.78 is 28.0. The third-order valence-electron chi connectivity index (χ3n) is 4.53. The van der Waals surface area contributed by atoms with E-state index in [0.717, 1.165) is 12.8 Å². The van der Waals surface area contributed by atoms with Crippen molar-refractivity contribution in [2.45, 2.75) is 36.7 Å². The van der Waals surface area contributed by atoms with E-state index >= 15 is 0 Å². The Hall–Kier alpha value is -1.31. The molecule has 3 rings (SSSR count). The smallest absolute Gasteiger partial charge is 0.244 e. The molecule has 0 bridgehead atoms. The lowest BCUT2D eigenvalue weighted by atomic mass is 10.1.